The number of nitrogens with one attached hydrogen (secondary N) is 1. The van der Waals surface area contributed by atoms with Gasteiger partial charge in [0.1, 0.15) is 11.4 Å². The molecule has 1 radical (unpaired) electrons. The largest absolute Gasteiger partial charge is 0.312 e. The van der Waals surface area contributed by atoms with Crippen LogP contribution in [0, 0.1) is 5.92 Å². The molecule has 163 valence electrons. The third-order valence-corrected chi connectivity index (χ3v) is 8.46. The quantitative estimate of drug-likeness (QED) is 0.781. The minimum Gasteiger partial charge on any atom is -0.312 e. The van der Waals surface area contributed by atoms with E-state index in [2.05, 4.69) is 10.6 Å². The number of carbonyl (C=O) groups excluding carboxylic acids is 1. The Balaban J connectivity index is 1.28. The van der Waals surface area contributed by atoms with Gasteiger partial charge in [0.2, 0.25) is 10.0 Å². The van der Waals surface area contributed by atoms with Gasteiger partial charge in [-0.3, -0.25) is 15.1 Å². The highest BCUT2D eigenvalue weighted by atomic mass is 32.2. The predicted molar refractivity (Wildman–Crippen MR) is 121 cm³/mol. The van der Waals surface area contributed by atoms with Crippen molar-refractivity contribution in [1.82, 2.24) is 14.9 Å². The fourth-order valence-corrected chi connectivity index (χ4v) is 6.19. The molecule has 0 bridgehead atoms. The van der Waals surface area contributed by atoms with Gasteiger partial charge >= 0.3 is 0 Å². The van der Waals surface area contributed by atoms with Crippen molar-refractivity contribution < 1.29 is 13.2 Å². The molecule has 1 saturated heterocycles. The van der Waals surface area contributed by atoms with Crippen LogP contribution < -0.4 is 10.6 Å². The number of rotatable bonds is 4. The van der Waals surface area contributed by atoms with Gasteiger partial charge in [-0.15, -0.1) is 0 Å². The van der Waals surface area contributed by atoms with Gasteiger partial charge in [0, 0.05) is 36.2 Å². The van der Waals surface area contributed by atoms with Crippen LogP contribution in [0.15, 0.2) is 34.8 Å². The van der Waals surface area contributed by atoms with Crippen molar-refractivity contribution in [1.29, 1.82) is 0 Å². The lowest BCUT2D eigenvalue weighted by Gasteiger charge is -2.34. The van der Waals surface area contributed by atoms with E-state index in [-0.39, 0.29) is 5.91 Å². The molecule has 0 unspecified atom stereocenters. The molecule has 1 aromatic carbocycles. The monoisotopic (exact) mass is 439 g/mol. The van der Waals surface area contributed by atoms with Crippen molar-refractivity contribution in [3.05, 3.63) is 40.9 Å². The summed E-state index contributed by atoms with van der Waals surface area (Å²) in [5.74, 6) is 1.11. The van der Waals surface area contributed by atoms with Crippen LogP contribution in [0.4, 0.5) is 5.69 Å². The van der Waals surface area contributed by atoms with Crippen molar-refractivity contribution in [2.45, 2.75) is 50.5 Å². The molecule has 5 rings (SSSR count). The number of hydrogen-bond donors (Lipinski definition) is 1. The van der Waals surface area contributed by atoms with E-state index in [0.29, 0.717) is 31.8 Å². The maximum atomic E-state index is 12.9. The van der Waals surface area contributed by atoms with E-state index in [1.807, 2.05) is 24.3 Å². The highest BCUT2D eigenvalue weighted by molar-refractivity contribution is 7.92. The van der Waals surface area contributed by atoms with Crippen LogP contribution in [0.1, 0.15) is 56.1 Å². The number of benzene rings is 1. The fourth-order valence-electron chi connectivity index (χ4n) is 5.01. The zero-order valence-corrected chi connectivity index (χ0v) is 18.3. The lowest BCUT2D eigenvalue weighted by Crippen LogP contribution is -2.50. The van der Waals surface area contributed by atoms with Gasteiger partial charge in [-0.2, -0.15) is 4.31 Å². The summed E-state index contributed by atoms with van der Waals surface area (Å²) in [6, 6.07) is 5.65. The molecule has 1 N–H and O–H groups in total. The summed E-state index contributed by atoms with van der Waals surface area (Å²) in [5.41, 5.74) is 1.80. The minimum absolute atomic E-state index is 0.0592. The van der Waals surface area contributed by atoms with Crippen molar-refractivity contribution in [2.75, 3.05) is 13.1 Å². The highest BCUT2D eigenvalue weighted by Gasteiger charge is 2.48. The summed E-state index contributed by atoms with van der Waals surface area (Å²) in [4.78, 5) is 17.6. The third-order valence-electron chi connectivity index (χ3n) is 6.89. The summed E-state index contributed by atoms with van der Waals surface area (Å²) in [5, 5.41) is 8.54. The van der Waals surface area contributed by atoms with Crippen LogP contribution in [0.2, 0.25) is 0 Å². The number of piperidine rings is 1. The molecule has 1 amide bonds. The van der Waals surface area contributed by atoms with E-state index in [4.69, 9.17) is 4.99 Å². The second-order valence-corrected chi connectivity index (χ2v) is 10.6. The molecule has 0 aromatic heterocycles. The van der Waals surface area contributed by atoms with Gasteiger partial charge in [-0.05, 0) is 49.5 Å². The molecule has 1 aromatic rings. The van der Waals surface area contributed by atoms with E-state index in [0.717, 1.165) is 35.5 Å². The number of amides is 1. The number of nitrogens with zero attached hydrogens (tertiary/aromatic N) is 3. The Morgan fingerprint density at radius 2 is 1.90 bits per heavy atom. The summed E-state index contributed by atoms with van der Waals surface area (Å²) in [6.45, 7) is 0.591. The van der Waals surface area contributed by atoms with E-state index >= 15 is 0 Å². The second kappa shape index (κ2) is 7.91. The maximum absolute atomic E-state index is 12.9. The van der Waals surface area contributed by atoms with Gasteiger partial charge in [-0.25, -0.2) is 8.42 Å². The second-order valence-electron chi connectivity index (χ2n) is 8.79. The minimum atomic E-state index is -3.58. The predicted octanol–water partition coefficient (Wildman–Crippen LogP) is 3.15. The average molecular weight is 440 g/mol. The van der Waals surface area contributed by atoms with Gasteiger partial charge in [0.15, 0.2) is 0 Å². The lowest BCUT2D eigenvalue weighted by atomic mass is 9.88. The first-order valence-corrected chi connectivity index (χ1v) is 12.6. The first-order valence-electron chi connectivity index (χ1n) is 11.1. The van der Waals surface area contributed by atoms with Gasteiger partial charge in [0.05, 0.1) is 5.69 Å². The van der Waals surface area contributed by atoms with Crippen LogP contribution in [-0.4, -0.2) is 43.1 Å². The molecule has 1 aliphatic carbocycles. The van der Waals surface area contributed by atoms with E-state index in [9.17, 15) is 13.2 Å². The number of carbonyl (C=O) groups is 1. The smallest absolute Gasteiger partial charge is 0.253 e. The molecule has 3 aliphatic heterocycles. The topological polar surface area (TPSA) is 92.9 Å². The number of aliphatic imine (C=N–C) groups is 1. The summed E-state index contributed by atoms with van der Waals surface area (Å²) in [7, 11) is -3.58. The fraction of sp³-hybridized carbons (Fsp3) is 0.478. The first-order chi connectivity index (χ1) is 15.0. The maximum Gasteiger partial charge on any atom is 0.253 e. The molecule has 1 spiro atoms. The Bertz CT molecular complexity index is 1080. The van der Waals surface area contributed by atoms with E-state index in [1.54, 1.807) is 12.3 Å². The Morgan fingerprint density at radius 3 is 2.68 bits per heavy atom. The zero-order chi connectivity index (χ0) is 21.5. The molecule has 3 heterocycles. The lowest BCUT2D eigenvalue weighted by molar-refractivity contribution is -0.124. The number of fused-ring (bicyclic) bond motifs is 1. The van der Waals surface area contributed by atoms with Gasteiger partial charge in [0.25, 0.3) is 5.91 Å². The van der Waals surface area contributed by atoms with Gasteiger partial charge < -0.3 is 5.32 Å². The van der Waals surface area contributed by atoms with Crippen LogP contribution in [-0.2, 0) is 14.8 Å². The molecule has 31 heavy (non-hydrogen) atoms. The highest BCUT2D eigenvalue weighted by Crippen LogP contribution is 2.35. The van der Waals surface area contributed by atoms with Crippen molar-refractivity contribution >= 4 is 39.6 Å². The van der Waals surface area contributed by atoms with Crippen LogP contribution in [0.5, 0.6) is 0 Å². The first kappa shape index (κ1) is 20.5. The van der Waals surface area contributed by atoms with E-state index < -0.39 is 15.6 Å². The molecule has 0 atom stereocenters. The Kier molecular flexibility index (Phi) is 5.22. The van der Waals surface area contributed by atoms with Crippen molar-refractivity contribution in [3.63, 3.8) is 0 Å². The van der Waals surface area contributed by atoms with Crippen LogP contribution in [0.25, 0.3) is 12.2 Å². The molecule has 7 nitrogen and oxygen atoms in total. The average Bonchev–Trinajstić information content (AvgIpc) is 3.39. The third kappa shape index (κ3) is 3.83. The molecular formula is C23H27N4O3S. The molecule has 8 heteroatoms. The molecule has 4 aliphatic rings. The number of amidine groups is 1. The van der Waals surface area contributed by atoms with E-state index in [1.165, 1.54) is 29.0 Å². The summed E-state index contributed by atoms with van der Waals surface area (Å²) in [6.07, 6.45) is 11.8. The standard InChI is InChI=1S/C23H27N4O3S/c28-22-23(26-21(25-22)18-5-2-1-3-6-18)11-14-27(15-12-23)31(29,30)16-10-17-7-4-8-20-19(17)9-13-24-20/h4,7-10,13,16,18H,1-3,5-6,11-12,14-15H2,(H,25,26,28)/b16-10+. The van der Waals surface area contributed by atoms with Crippen LogP contribution >= 0.6 is 0 Å². The Labute approximate surface area is 183 Å². The van der Waals surface area contributed by atoms with Crippen molar-refractivity contribution in [2.24, 2.45) is 10.9 Å². The van der Waals surface area contributed by atoms with Crippen LogP contribution in [0.3, 0.4) is 0 Å². The summed E-state index contributed by atoms with van der Waals surface area (Å²) >= 11 is 0. The number of sulfonamides is 1. The molecule has 1 saturated carbocycles. The molecular weight excluding hydrogens is 412 g/mol. The zero-order valence-electron chi connectivity index (χ0n) is 17.5. The summed E-state index contributed by atoms with van der Waals surface area (Å²) < 4.78 is 27.3. The normalized spacial score (nSPS) is 23.7. The molecule has 2 fully saturated rings. The van der Waals surface area contributed by atoms with Gasteiger partial charge in [-0.1, -0.05) is 31.4 Å². The SMILES string of the molecule is O=C1NC(C2CCCCC2)=NC12CCN(S(=O)(=O)/C=C/c1cccc3c1C=C[N]3)CC2. The number of hydrogen-bond acceptors (Lipinski definition) is 4. The Morgan fingerprint density at radius 1 is 1.13 bits per heavy atom. The van der Waals surface area contributed by atoms with Crippen molar-refractivity contribution in [3.8, 4) is 0 Å². The Hall–Kier alpha value is -2.45.